The first-order valence-electron chi connectivity index (χ1n) is 3.41. The third-order valence-corrected chi connectivity index (χ3v) is 2.01. The molecule has 0 radical (unpaired) electrons. The zero-order valence-corrected chi connectivity index (χ0v) is 12.0. The Morgan fingerprint density at radius 3 is 2.77 bits per heavy atom. The van der Waals surface area contributed by atoms with Gasteiger partial charge in [-0.3, -0.25) is 4.98 Å². The third-order valence-electron chi connectivity index (χ3n) is 1.37. The summed E-state index contributed by atoms with van der Waals surface area (Å²) in [5.41, 5.74) is 1.65. The summed E-state index contributed by atoms with van der Waals surface area (Å²) >= 11 is 4.22. The van der Waals surface area contributed by atoms with Crippen LogP contribution in [0.25, 0.3) is 11.0 Å². The molecule has 0 bridgehead atoms. The van der Waals surface area contributed by atoms with Crippen molar-refractivity contribution < 1.29 is 17.3 Å². The Bertz CT molecular complexity index is 391. The fourth-order valence-electron chi connectivity index (χ4n) is 0.887. The van der Waals surface area contributed by atoms with Crippen molar-refractivity contribution in [2.75, 3.05) is 0 Å². The van der Waals surface area contributed by atoms with E-state index in [-0.39, 0.29) is 0 Å². The van der Waals surface area contributed by atoms with E-state index in [1.54, 1.807) is 18.5 Å². The summed E-state index contributed by atoms with van der Waals surface area (Å²) in [5, 5.41) is 0. The van der Waals surface area contributed by atoms with E-state index in [1.807, 2.05) is 6.07 Å². The van der Waals surface area contributed by atoms with Crippen LogP contribution < -0.4 is 0 Å². The molecule has 13 heavy (non-hydrogen) atoms. The Kier molecular flexibility index (Phi) is 4.78. The predicted octanol–water partition coefficient (Wildman–Crippen LogP) is 2.88. The molecule has 2 aromatic rings. The second-order valence-corrected chi connectivity index (χ2v) is 2.93. The molecular weight excluding hydrogens is 305 g/mol. The van der Waals surface area contributed by atoms with Gasteiger partial charge in [0.05, 0.1) is 0 Å². The van der Waals surface area contributed by atoms with Gasteiger partial charge in [0.1, 0.15) is 0 Å². The first-order chi connectivity index (χ1) is 6.38. The standard InChI is InChI=1S/C8H4BrN2.ClH.Zn/c9-6-3-5-10-7-2-1-4-11-8(6)7;;/h1,3-5H;1H;/q-1;;+2/p-1. The van der Waals surface area contributed by atoms with E-state index in [2.05, 4.69) is 32.0 Å². The topological polar surface area (TPSA) is 25.8 Å². The molecule has 0 fully saturated rings. The molecule has 2 nitrogen and oxygen atoms in total. The molecule has 0 aliphatic heterocycles. The Morgan fingerprint density at radius 1 is 1.31 bits per heavy atom. The van der Waals surface area contributed by atoms with Gasteiger partial charge in [0.25, 0.3) is 0 Å². The van der Waals surface area contributed by atoms with Crippen molar-refractivity contribution in [3.05, 3.63) is 35.1 Å². The Balaban J connectivity index is 0.000000396. The summed E-state index contributed by atoms with van der Waals surface area (Å²) in [6.07, 6.45) is 3.43. The first-order valence-corrected chi connectivity index (χ1v) is 8.11. The van der Waals surface area contributed by atoms with E-state index >= 15 is 0 Å². The van der Waals surface area contributed by atoms with E-state index in [0.29, 0.717) is 0 Å². The summed E-state index contributed by atoms with van der Waals surface area (Å²) < 4.78 is 0.958. The summed E-state index contributed by atoms with van der Waals surface area (Å²) in [7, 11) is 4.76. The molecule has 0 aliphatic carbocycles. The van der Waals surface area contributed by atoms with Gasteiger partial charge in [-0.2, -0.15) is 12.1 Å². The predicted molar refractivity (Wildman–Crippen MR) is 51.9 cm³/mol. The fraction of sp³-hybridized carbons (Fsp3) is 0. The summed E-state index contributed by atoms with van der Waals surface area (Å²) in [4.78, 5) is 8.23. The molecule has 0 spiro atoms. The van der Waals surface area contributed by atoms with E-state index in [4.69, 9.17) is 9.69 Å². The van der Waals surface area contributed by atoms with Crippen LogP contribution in [0.4, 0.5) is 0 Å². The van der Waals surface area contributed by atoms with Crippen LogP contribution in [0.1, 0.15) is 0 Å². The van der Waals surface area contributed by atoms with Gasteiger partial charge in [-0.15, -0.1) is 0 Å². The number of nitrogens with zero attached hydrogens (tertiary/aromatic N) is 2. The van der Waals surface area contributed by atoms with Gasteiger partial charge < -0.3 is 4.98 Å². The van der Waals surface area contributed by atoms with Gasteiger partial charge in [0, 0.05) is 6.20 Å². The molecule has 0 aliphatic rings. The molecule has 2 heterocycles. The molecule has 5 heteroatoms. The Hall–Kier alpha value is -0.0466. The second kappa shape index (κ2) is 5.63. The second-order valence-electron chi connectivity index (χ2n) is 2.08. The van der Waals surface area contributed by atoms with Crippen LogP contribution in [0, 0.1) is 6.07 Å². The zero-order valence-electron chi connectivity index (χ0n) is 6.67. The minimum atomic E-state index is 0.793. The normalized spacial score (nSPS) is 9.23. The number of hydrogen-bond acceptors (Lipinski definition) is 2. The molecule has 0 saturated heterocycles. The number of halogens is 2. The molecule has 0 atom stereocenters. The fourth-order valence-corrected chi connectivity index (χ4v) is 1.30. The monoisotopic (exact) mass is 306 g/mol. The summed E-state index contributed by atoms with van der Waals surface area (Å²) in [6.45, 7) is 0. The maximum absolute atomic E-state index is 4.76. The van der Waals surface area contributed by atoms with Gasteiger partial charge in [0.2, 0.25) is 0 Å². The average molecular weight is 309 g/mol. The molecule has 0 saturated carbocycles. The van der Waals surface area contributed by atoms with Crippen molar-refractivity contribution in [1.29, 1.82) is 0 Å². The SMILES string of the molecule is Brc1ccnc2[c-]ccnc12.[Cl][Zn+]. The van der Waals surface area contributed by atoms with E-state index in [0.717, 1.165) is 32.8 Å². The van der Waals surface area contributed by atoms with Crippen molar-refractivity contribution in [3.63, 3.8) is 0 Å². The van der Waals surface area contributed by atoms with Crippen molar-refractivity contribution in [3.8, 4) is 0 Å². The maximum atomic E-state index is 4.76. The van der Waals surface area contributed by atoms with Crippen LogP contribution >= 0.6 is 25.6 Å². The number of aromatic nitrogens is 2. The summed E-state index contributed by atoms with van der Waals surface area (Å²) in [6, 6.07) is 6.60. The molecule has 0 amide bonds. The van der Waals surface area contributed by atoms with Crippen LogP contribution in [0.5, 0.6) is 0 Å². The molecular formula is C8H4BrClN2Zn. The van der Waals surface area contributed by atoms with Gasteiger partial charge in [-0.1, -0.05) is 22.1 Å². The van der Waals surface area contributed by atoms with Crippen LogP contribution in [-0.2, 0) is 17.3 Å². The average Bonchev–Trinajstić information content (AvgIpc) is 2.22. The van der Waals surface area contributed by atoms with Gasteiger partial charge >= 0.3 is 27.0 Å². The number of pyridine rings is 2. The Morgan fingerprint density at radius 2 is 2.08 bits per heavy atom. The van der Waals surface area contributed by atoms with E-state index in [9.17, 15) is 0 Å². The third kappa shape index (κ3) is 2.70. The van der Waals surface area contributed by atoms with Crippen molar-refractivity contribution >= 4 is 36.7 Å². The molecule has 2 aromatic heterocycles. The molecule has 0 aromatic carbocycles. The van der Waals surface area contributed by atoms with Crippen LogP contribution in [-0.4, -0.2) is 9.97 Å². The molecule has 0 N–H and O–H groups in total. The van der Waals surface area contributed by atoms with Crippen molar-refractivity contribution in [2.24, 2.45) is 0 Å². The number of hydrogen-bond donors (Lipinski definition) is 0. The summed E-state index contributed by atoms with van der Waals surface area (Å²) in [5.74, 6) is 0. The van der Waals surface area contributed by atoms with Gasteiger partial charge in [0.15, 0.2) is 0 Å². The van der Waals surface area contributed by atoms with Crippen molar-refractivity contribution in [1.82, 2.24) is 9.97 Å². The van der Waals surface area contributed by atoms with E-state index in [1.165, 1.54) is 0 Å². The number of fused-ring (bicyclic) bond motifs is 1. The van der Waals surface area contributed by atoms with Crippen LogP contribution in [0.3, 0.4) is 0 Å². The first kappa shape index (κ1) is 11.0. The van der Waals surface area contributed by atoms with Gasteiger partial charge in [-0.05, 0) is 21.6 Å². The molecule has 2 rings (SSSR count). The van der Waals surface area contributed by atoms with Crippen molar-refractivity contribution in [2.45, 2.75) is 0 Å². The van der Waals surface area contributed by atoms with Gasteiger partial charge in [-0.25, -0.2) is 0 Å². The molecule has 0 unspecified atom stereocenters. The number of rotatable bonds is 0. The van der Waals surface area contributed by atoms with E-state index < -0.39 is 0 Å². The quantitative estimate of drug-likeness (QED) is 0.552. The zero-order chi connectivity index (χ0) is 9.68. The minimum absolute atomic E-state index is 0.793. The van der Waals surface area contributed by atoms with Crippen LogP contribution in [0.15, 0.2) is 29.0 Å². The molecule has 62 valence electrons. The van der Waals surface area contributed by atoms with Crippen LogP contribution in [0.2, 0.25) is 0 Å². The Labute approximate surface area is 98.6 Å².